The van der Waals surface area contributed by atoms with Gasteiger partial charge < -0.3 is 10.2 Å². The van der Waals surface area contributed by atoms with Gasteiger partial charge in [0.05, 0.1) is 11.8 Å². The molecule has 2 aromatic rings. The molecular formula is C9H6F3N3O. The van der Waals surface area contributed by atoms with Crippen molar-refractivity contribution in [2.24, 2.45) is 0 Å². The van der Waals surface area contributed by atoms with E-state index >= 15 is 0 Å². The fourth-order valence-electron chi connectivity index (χ4n) is 1.18. The molecule has 0 saturated carbocycles. The zero-order chi connectivity index (χ0) is 11.8. The maximum atomic E-state index is 12.5. The second-order valence-corrected chi connectivity index (χ2v) is 3.03. The normalized spacial score (nSPS) is 11.7. The summed E-state index contributed by atoms with van der Waals surface area (Å²) in [5.74, 6) is -0.0842. The highest BCUT2D eigenvalue weighted by Gasteiger charge is 2.31. The molecule has 0 fully saturated rings. The number of nitrogens with zero attached hydrogens (tertiary/aromatic N) is 2. The van der Waals surface area contributed by atoms with Crippen LogP contribution in [0.15, 0.2) is 29.1 Å². The SMILES string of the molecule is Nc1cc(C(F)(F)F)cc(-c2cnco2)n1. The number of hydrogen-bond donors (Lipinski definition) is 1. The highest BCUT2D eigenvalue weighted by molar-refractivity contribution is 5.55. The Bertz CT molecular complexity index is 493. The van der Waals surface area contributed by atoms with Gasteiger partial charge in [-0.05, 0) is 12.1 Å². The molecule has 0 radical (unpaired) electrons. The highest BCUT2D eigenvalue weighted by atomic mass is 19.4. The maximum Gasteiger partial charge on any atom is 0.416 e. The van der Waals surface area contributed by atoms with E-state index in [-0.39, 0.29) is 17.3 Å². The quantitative estimate of drug-likeness (QED) is 0.815. The van der Waals surface area contributed by atoms with Crippen molar-refractivity contribution < 1.29 is 17.6 Å². The van der Waals surface area contributed by atoms with E-state index in [1.165, 1.54) is 6.20 Å². The van der Waals surface area contributed by atoms with Crippen LogP contribution in [0.4, 0.5) is 19.0 Å². The lowest BCUT2D eigenvalue weighted by atomic mass is 10.2. The molecule has 0 aliphatic heterocycles. The summed E-state index contributed by atoms with van der Waals surface area (Å²) >= 11 is 0. The largest absolute Gasteiger partial charge is 0.442 e. The molecule has 0 unspecified atom stereocenters. The Morgan fingerprint density at radius 1 is 1.25 bits per heavy atom. The van der Waals surface area contributed by atoms with Gasteiger partial charge in [-0.2, -0.15) is 13.2 Å². The number of alkyl halides is 3. The number of aromatic nitrogens is 2. The van der Waals surface area contributed by atoms with Crippen LogP contribution in [-0.4, -0.2) is 9.97 Å². The van der Waals surface area contributed by atoms with E-state index in [2.05, 4.69) is 9.97 Å². The predicted molar refractivity (Wildman–Crippen MR) is 49.1 cm³/mol. The van der Waals surface area contributed by atoms with Gasteiger partial charge in [0.1, 0.15) is 11.5 Å². The van der Waals surface area contributed by atoms with Gasteiger partial charge in [-0.15, -0.1) is 0 Å². The summed E-state index contributed by atoms with van der Waals surface area (Å²) in [7, 11) is 0. The highest BCUT2D eigenvalue weighted by Crippen LogP contribution is 2.32. The van der Waals surface area contributed by atoms with E-state index in [0.29, 0.717) is 0 Å². The topological polar surface area (TPSA) is 64.9 Å². The van der Waals surface area contributed by atoms with Gasteiger partial charge in [0.15, 0.2) is 12.2 Å². The standard InChI is InChI=1S/C9H6F3N3O/c10-9(11,12)5-1-6(15-8(13)2-5)7-3-14-4-16-7/h1-4H,(H2,13,15). The fourth-order valence-corrected chi connectivity index (χ4v) is 1.18. The van der Waals surface area contributed by atoms with E-state index in [0.717, 1.165) is 18.5 Å². The van der Waals surface area contributed by atoms with Gasteiger partial charge in [0, 0.05) is 0 Å². The van der Waals surface area contributed by atoms with Crippen molar-refractivity contribution in [2.75, 3.05) is 5.73 Å². The van der Waals surface area contributed by atoms with Crippen molar-refractivity contribution in [2.45, 2.75) is 6.18 Å². The van der Waals surface area contributed by atoms with Crippen LogP contribution >= 0.6 is 0 Å². The van der Waals surface area contributed by atoms with E-state index in [1.807, 2.05) is 0 Å². The first-order valence-electron chi connectivity index (χ1n) is 4.20. The first kappa shape index (κ1) is 10.5. The second-order valence-electron chi connectivity index (χ2n) is 3.03. The Morgan fingerprint density at radius 2 is 2.00 bits per heavy atom. The summed E-state index contributed by atoms with van der Waals surface area (Å²) < 4.78 is 42.2. The molecule has 4 nitrogen and oxygen atoms in total. The Morgan fingerprint density at radius 3 is 2.56 bits per heavy atom. The van der Waals surface area contributed by atoms with Crippen LogP contribution in [0.1, 0.15) is 5.56 Å². The summed E-state index contributed by atoms with van der Waals surface area (Å²) in [6, 6.07) is 1.62. The molecule has 2 rings (SSSR count). The van der Waals surface area contributed by atoms with Crippen LogP contribution in [0.5, 0.6) is 0 Å². The second kappa shape index (κ2) is 3.51. The lowest BCUT2D eigenvalue weighted by Gasteiger charge is -2.08. The van der Waals surface area contributed by atoms with Crippen LogP contribution in [0, 0.1) is 0 Å². The molecule has 0 spiro atoms. The van der Waals surface area contributed by atoms with Crippen LogP contribution in [0.25, 0.3) is 11.5 Å². The van der Waals surface area contributed by atoms with Crippen molar-refractivity contribution in [1.29, 1.82) is 0 Å². The minimum absolute atomic E-state index is 0.00447. The smallest absolute Gasteiger partial charge is 0.416 e. The van der Waals surface area contributed by atoms with E-state index < -0.39 is 11.7 Å². The molecule has 2 N–H and O–H groups in total. The number of pyridine rings is 1. The number of halogens is 3. The minimum Gasteiger partial charge on any atom is -0.442 e. The van der Waals surface area contributed by atoms with Crippen molar-refractivity contribution >= 4 is 5.82 Å². The molecule has 0 aliphatic carbocycles. The van der Waals surface area contributed by atoms with E-state index in [4.69, 9.17) is 10.2 Å². The molecular weight excluding hydrogens is 223 g/mol. The van der Waals surface area contributed by atoms with Crippen molar-refractivity contribution in [3.63, 3.8) is 0 Å². The lowest BCUT2D eigenvalue weighted by Crippen LogP contribution is -2.07. The summed E-state index contributed by atoms with van der Waals surface area (Å²) in [6.45, 7) is 0. The number of anilines is 1. The molecule has 0 amide bonds. The molecule has 0 atom stereocenters. The van der Waals surface area contributed by atoms with E-state index in [1.54, 1.807) is 0 Å². The number of oxazole rings is 1. The van der Waals surface area contributed by atoms with Gasteiger partial charge >= 0.3 is 6.18 Å². The Labute approximate surface area is 87.9 Å². The zero-order valence-corrected chi connectivity index (χ0v) is 7.82. The number of nitrogens with two attached hydrogens (primary N) is 1. The van der Waals surface area contributed by atoms with Gasteiger partial charge in [0.25, 0.3) is 0 Å². The fraction of sp³-hybridized carbons (Fsp3) is 0.111. The molecule has 0 saturated heterocycles. The maximum absolute atomic E-state index is 12.5. The Hall–Kier alpha value is -2.05. The molecule has 2 aromatic heterocycles. The van der Waals surface area contributed by atoms with Crippen molar-refractivity contribution in [1.82, 2.24) is 9.97 Å². The average Bonchev–Trinajstić information content (AvgIpc) is 2.68. The summed E-state index contributed by atoms with van der Waals surface area (Å²) in [4.78, 5) is 7.33. The lowest BCUT2D eigenvalue weighted by molar-refractivity contribution is -0.137. The summed E-state index contributed by atoms with van der Waals surface area (Å²) in [5.41, 5.74) is 4.42. The third-order valence-corrected chi connectivity index (χ3v) is 1.86. The predicted octanol–water partition coefficient (Wildman–Crippen LogP) is 2.34. The monoisotopic (exact) mass is 229 g/mol. The molecule has 84 valence electrons. The summed E-state index contributed by atoms with van der Waals surface area (Å²) in [5, 5.41) is 0. The summed E-state index contributed by atoms with van der Waals surface area (Å²) in [6.07, 6.45) is -2.10. The van der Waals surface area contributed by atoms with Gasteiger partial charge in [0.2, 0.25) is 0 Å². The first-order valence-corrected chi connectivity index (χ1v) is 4.20. The molecule has 2 heterocycles. The molecule has 0 aromatic carbocycles. The van der Waals surface area contributed by atoms with Gasteiger partial charge in [-0.1, -0.05) is 0 Å². The zero-order valence-electron chi connectivity index (χ0n) is 7.82. The van der Waals surface area contributed by atoms with Crippen LogP contribution < -0.4 is 5.73 Å². The Kier molecular flexibility index (Phi) is 2.30. The van der Waals surface area contributed by atoms with Gasteiger partial charge in [-0.3, -0.25) is 0 Å². The van der Waals surface area contributed by atoms with Crippen LogP contribution in [-0.2, 0) is 6.18 Å². The van der Waals surface area contributed by atoms with Crippen molar-refractivity contribution in [3.8, 4) is 11.5 Å². The first-order chi connectivity index (χ1) is 7.47. The number of hydrogen-bond acceptors (Lipinski definition) is 4. The molecule has 7 heteroatoms. The number of rotatable bonds is 1. The molecule has 0 aliphatic rings. The van der Waals surface area contributed by atoms with Crippen molar-refractivity contribution in [3.05, 3.63) is 30.3 Å². The minimum atomic E-state index is -4.47. The Balaban J connectivity index is 2.53. The average molecular weight is 229 g/mol. The molecule has 16 heavy (non-hydrogen) atoms. The van der Waals surface area contributed by atoms with Crippen LogP contribution in [0.3, 0.4) is 0 Å². The van der Waals surface area contributed by atoms with Crippen LogP contribution in [0.2, 0.25) is 0 Å². The van der Waals surface area contributed by atoms with E-state index in [9.17, 15) is 13.2 Å². The third-order valence-electron chi connectivity index (χ3n) is 1.86. The number of nitrogen functional groups attached to an aromatic ring is 1. The third kappa shape index (κ3) is 1.97. The molecule has 0 bridgehead atoms. The van der Waals surface area contributed by atoms with Gasteiger partial charge in [-0.25, -0.2) is 9.97 Å².